The number of hydrogen-bond acceptors (Lipinski definition) is 3. The highest BCUT2D eigenvalue weighted by molar-refractivity contribution is 6.08. The third kappa shape index (κ3) is 1.07. The van der Waals surface area contributed by atoms with E-state index in [9.17, 15) is 0 Å². The van der Waals surface area contributed by atoms with Gasteiger partial charge in [-0.1, -0.05) is 0 Å². The van der Waals surface area contributed by atoms with Gasteiger partial charge in [0.25, 0.3) is 0 Å². The Morgan fingerprint density at radius 2 is 1.56 bits per heavy atom. The summed E-state index contributed by atoms with van der Waals surface area (Å²) in [5, 5.41) is 2.12. The van der Waals surface area contributed by atoms with Gasteiger partial charge < -0.3 is 0 Å². The van der Waals surface area contributed by atoms with E-state index in [-0.39, 0.29) is 0 Å². The number of hydrogen-bond donors (Lipinski definition) is 0. The minimum Gasteiger partial charge on any atom is -0.280 e. The molecule has 0 spiro atoms. The summed E-state index contributed by atoms with van der Waals surface area (Å²) in [5.74, 6) is 0. The Labute approximate surface area is 103 Å². The van der Waals surface area contributed by atoms with Crippen molar-refractivity contribution in [3.63, 3.8) is 0 Å². The van der Waals surface area contributed by atoms with E-state index in [1.54, 1.807) is 12.4 Å². The zero-order valence-electron chi connectivity index (χ0n) is 9.83. The van der Waals surface area contributed by atoms with Gasteiger partial charge in [0, 0.05) is 35.1 Å². The number of pyridine rings is 3. The zero-order chi connectivity index (χ0) is 12.1. The van der Waals surface area contributed by atoms with Gasteiger partial charge in [-0.3, -0.25) is 9.38 Å². The second kappa shape index (κ2) is 3.26. The molecule has 0 aromatic carbocycles. The van der Waals surface area contributed by atoms with E-state index < -0.39 is 0 Å². The molecule has 0 fully saturated rings. The van der Waals surface area contributed by atoms with Gasteiger partial charge in [0.1, 0.15) is 11.3 Å². The molecule has 0 radical (unpaired) electrons. The van der Waals surface area contributed by atoms with Crippen LogP contribution in [0.25, 0.3) is 27.6 Å². The highest BCUT2D eigenvalue weighted by Gasteiger charge is 2.11. The molecule has 0 atom stereocenters. The van der Waals surface area contributed by atoms with Crippen LogP contribution >= 0.6 is 0 Å². The lowest BCUT2D eigenvalue weighted by Gasteiger charge is -2.06. The van der Waals surface area contributed by atoms with Gasteiger partial charge in [-0.05, 0) is 31.2 Å². The molecule has 86 valence electrons. The molecule has 4 heteroatoms. The summed E-state index contributed by atoms with van der Waals surface area (Å²) in [6, 6.07) is 7.98. The van der Waals surface area contributed by atoms with Gasteiger partial charge in [-0.15, -0.1) is 0 Å². The third-order valence-electron chi connectivity index (χ3n) is 3.24. The molecule has 4 heterocycles. The minimum atomic E-state index is 0.911. The molecule has 0 saturated heterocycles. The topological polar surface area (TPSA) is 43.1 Å². The van der Waals surface area contributed by atoms with Crippen LogP contribution in [0, 0.1) is 6.92 Å². The van der Waals surface area contributed by atoms with E-state index in [0.29, 0.717) is 0 Å². The fourth-order valence-electron chi connectivity index (χ4n) is 2.45. The molecule has 0 unspecified atom stereocenters. The van der Waals surface area contributed by atoms with E-state index in [1.807, 2.05) is 25.3 Å². The highest BCUT2D eigenvalue weighted by Crippen LogP contribution is 2.26. The van der Waals surface area contributed by atoms with Crippen molar-refractivity contribution in [2.75, 3.05) is 0 Å². The molecule has 0 N–H and O–H groups in total. The Bertz CT molecular complexity index is 892. The van der Waals surface area contributed by atoms with Gasteiger partial charge in [0.05, 0.1) is 5.52 Å². The van der Waals surface area contributed by atoms with Crippen molar-refractivity contribution in [2.24, 2.45) is 0 Å². The summed E-state index contributed by atoms with van der Waals surface area (Å²) in [7, 11) is 0. The van der Waals surface area contributed by atoms with E-state index in [0.717, 1.165) is 33.3 Å². The van der Waals surface area contributed by atoms with E-state index >= 15 is 0 Å². The van der Waals surface area contributed by atoms with Crippen LogP contribution in [-0.4, -0.2) is 19.4 Å². The number of nitrogens with zero attached hydrogens (tertiary/aromatic N) is 4. The number of aromatic nitrogens is 4. The molecule has 0 aliphatic rings. The van der Waals surface area contributed by atoms with Crippen LogP contribution < -0.4 is 0 Å². The number of rotatable bonds is 0. The fourth-order valence-corrected chi connectivity index (χ4v) is 2.45. The first-order valence-corrected chi connectivity index (χ1v) is 5.82. The van der Waals surface area contributed by atoms with Crippen molar-refractivity contribution in [1.82, 2.24) is 19.4 Å². The van der Waals surface area contributed by atoms with E-state index in [2.05, 4.69) is 31.5 Å². The highest BCUT2D eigenvalue weighted by atomic mass is 15.1. The van der Waals surface area contributed by atoms with Crippen molar-refractivity contribution >= 4 is 27.6 Å². The first-order chi connectivity index (χ1) is 8.86. The Morgan fingerprint density at radius 3 is 2.33 bits per heavy atom. The average molecular weight is 234 g/mol. The molecule has 4 aromatic heterocycles. The van der Waals surface area contributed by atoms with E-state index in [4.69, 9.17) is 0 Å². The monoisotopic (exact) mass is 234 g/mol. The van der Waals surface area contributed by atoms with E-state index in [1.165, 1.54) is 0 Å². The van der Waals surface area contributed by atoms with Crippen molar-refractivity contribution in [3.05, 3.63) is 48.5 Å². The molecular weight excluding hydrogens is 224 g/mol. The molecular formula is C14H10N4. The summed E-state index contributed by atoms with van der Waals surface area (Å²) < 4.78 is 2.08. The van der Waals surface area contributed by atoms with Gasteiger partial charge in [0.15, 0.2) is 0 Å². The Balaban J connectivity index is 2.48. The van der Waals surface area contributed by atoms with Crippen molar-refractivity contribution in [3.8, 4) is 0 Å². The molecule has 0 saturated carbocycles. The van der Waals surface area contributed by atoms with Gasteiger partial charge >= 0.3 is 0 Å². The van der Waals surface area contributed by atoms with Crippen molar-refractivity contribution in [1.29, 1.82) is 0 Å². The second-order valence-electron chi connectivity index (χ2n) is 4.33. The lowest BCUT2D eigenvalue weighted by molar-refractivity contribution is 1.13. The third-order valence-corrected chi connectivity index (χ3v) is 3.24. The quantitative estimate of drug-likeness (QED) is 0.439. The first-order valence-electron chi connectivity index (χ1n) is 5.82. The maximum Gasteiger partial charge on any atom is 0.148 e. The number of imidazole rings is 1. The SMILES string of the molecule is Cc1cnc2c3cccnc3c3cccnc3n12. The summed E-state index contributed by atoms with van der Waals surface area (Å²) in [6.07, 6.45) is 5.48. The lowest BCUT2D eigenvalue weighted by atomic mass is 10.2. The predicted molar refractivity (Wildman–Crippen MR) is 70.5 cm³/mol. The maximum absolute atomic E-state index is 4.48. The van der Waals surface area contributed by atoms with Gasteiger partial charge in [-0.2, -0.15) is 0 Å². The smallest absolute Gasteiger partial charge is 0.148 e. The van der Waals surface area contributed by atoms with Crippen LogP contribution in [0.3, 0.4) is 0 Å². The first kappa shape index (κ1) is 9.53. The zero-order valence-corrected chi connectivity index (χ0v) is 9.83. The van der Waals surface area contributed by atoms with Crippen LogP contribution in [0.5, 0.6) is 0 Å². The summed E-state index contributed by atoms with van der Waals surface area (Å²) >= 11 is 0. The number of aryl methyl sites for hydroxylation is 1. The second-order valence-corrected chi connectivity index (χ2v) is 4.33. The lowest BCUT2D eigenvalue weighted by Crippen LogP contribution is -1.96. The molecule has 0 amide bonds. The number of fused-ring (bicyclic) bond motifs is 6. The molecule has 4 nitrogen and oxygen atoms in total. The van der Waals surface area contributed by atoms with Crippen molar-refractivity contribution < 1.29 is 0 Å². The summed E-state index contributed by atoms with van der Waals surface area (Å²) in [5.41, 5.74) is 3.87. The molecule has 0 aliphatic heterocycles. The van der Waals surface area contributed by atoms with Gasteiger partial charge in [-0.25, -0.2) is 9.97 Å². The van der Waals surface area contributed by atoms with Crippen LogP contribution in [0.4, 0.5) is 0 Å². The molecule has 4 rings (SSSR count). The summed E-state index contributed by atoms with van der Waals surface area (Å²) in [6.45, 7) is 2.04. The van der Waals surface area contributed by atoms with Gasteiger partial charge in [0.2, 0.25) is 0 Å². The van der Waals surface area contributed by atoms with Crippen LogP contribution in [0.15, 0.2) is 42.9 Å². The Hall–Kier alpha value is -2.49. The largest absolute Gasteiger partial charge is 0.280 e. The van der Waals surface area contributed by atoms with Crippen LogP contribution in [0.1, 0.15) is 5.69 Å². The Morgan fingerprint density at radius 1 is 0.889 bits per heavy atom. The molecule has 18 heavy (non-hydrogen) atoms. The van der Waals surface area contributed by atoms with Crippen molar-refractivity contribution in [2.45, 2.75) is 6.92 Å². The standard InChI is InChI=1S/C14H10N4/c1-9-8-17-14-11-4-2-6-15-12(11)10-5-3-7-16-13(10)18(9)14/h2-8H,1H3. The Kier molecular flexibility index (Phi) is 1.73. The van der Waals surface area contributed by atoms with Crippen LogP contribution in [0.2, 0.25) is 0 Å². The molecule has 0 bridgehead atoms. The average Bonchev–Trinajstić information content (AvgIpc) is 2.82. The van der Waals surface area contributed by atoms with Crippen LogP contribution in [-0.2, 0) is 0 Å². The molecule has 0 aliphatic carbocycles. The predicted octanol–water partition coefficient (Wildman–Crippen LogP) is 2.74. The summed E-state index contributed by atoms with van der Waals surface area (Å²) in [4.78, 5) is 13.4. The maximum atomic E-state index is 4.48. The minimum absolute atomic E-state index is 0.911. The molecule has 4 aromatic rings. The fraction of sp³-hybridized carbons (Fsp3) is 0.0714. The normalized spacial score (nSPS) is 11.6.